The Bertz CT molecular complexity index is 408. The Balaban J connectivity index is 1.85. The number of amides is 1. The van der Waals surface area contributed by atoms with Gasteiger partial charge in [0.05, 0.1) is 0 Å². The Hall–Kier alpha value is -1.42. The first-order valence-corrected chi connectivity index (χ1v) is 5.93. The SMILES string of the molecule is C[C@H](NCC1CCC(=O)N1)c1cccc(F)c1. The maximum atomic E-state index is 13.0. The summed E-state index contributed by atoms with van der Waals surface area (Å²) < 4.78 is 13.0. The summed E-state index contributed by atoms with van der Waals surface area (Å²) in [6.07, 6.45) is 1.49. The molecule has 4 heteroatoms. The van der Waals surface area contributed by atoms with E-state index in [2.05, 4.69) is 10.6 Å². The maximum Gasteiger partial charge on any atom is 0.220 e. The van der Waals surface area contributed by atoms with E-state index >= 15 is 0 Å². The summed E-state index contributed by atoms with van der Waals surface area (Å²) in [5.74, 6) is -0.0967. The molecule has 1 aromatic rings. The summed E-state index contributed by atoms with van der Waals surface area (Å²) >= 11 is 0. The monoisotopic (exact) mass is 236 g/mol. The molecule has 0 bridgehead atoms. The fourth-order valence-electron chi connectivity index (χ4n) is 2.04. The van der Waals surface area contributed by atoms with Crippen LogP contribution >= 0.6 is 0 Å². The van der Waals surface area contributed by atoms with Crippen molar-refractivity contribution in [2.45, 2.75) is 31.8 Å². The van der Waals surface area contributed by atoms with Gasteiger partial charge in [-0.25, -0.2) is 4.39 Å². The molecule has 2 rings (SSSR count). The Morgan fingerprint density at radius 1 is 1.59 bits per heavy atom. The minimum Gasteiger partial charge on any atom is -0.352 e. The van der Waals surface area contributed by atoms with Gasteiger partial charge in [-0.1, -0.05) is 12.1 Å². The van der Waals surface area contributed by atoms with Gasteiger partial charge in [0, 0.05) is 25.0 Å². The predicted octanol–water partition coefficient (Wildman–Crippen LogP) is 1.75. The molecule has 0 aromatic heterocycles. The summed E-state index contributed by atoms with van der Waals surface area (Å²) in [6, 6.07) is 6.87. The Morgan fingerprint density at radius 2 is 2.41 bits per heavy atom. The van der Waals surface area contributed by atoms with Gasteiger partial charge < -0.3 is 10.6 Å². The van der Waals surface area contributed by atoms with Gasteiger partial charge in [0.25, 0.3) is 0 Å². The minimum absolute atomic E-state index is 0.0863. The number of rotatable bonds is 4. The standard InChI is InChI=1S/C13H17FN2O/c1-9(10-3-2-4-11(14)7-10)15-8-12-5-6-13(17)16-12/h2-4,7,9,12,15H,5-6,8H2,1H3,(H,16,17)/t9-,12?/m0/s1. The van der Waals surface area contributed by atoms with Gasteiger partial charge in [-0.3, -0.25) is 4.79 Å². The predicted molar refractivity (Wildman–Crippen MR) is 64.0 cm³/mol. The topological polar surface area (TPSA) is 41.1 Å². The molecular weight excluding hydrogens is 219 g/mol. The molecule has 2 N–H and O–H groups in total. The lowest BCUT2D eigenvalue weighted by atomic mass is 10.1. The average molecular weight is 236 g/mol. The van der Waals surface area contributed by atoms with Gasteiger partial charge >= 0.3 is 0 Å². The third-order valence-corrected chi connectivity index (χ3v) is 3.10. The normalized spacial score (nSPS) is 21.3. The number of halogens is 1. The van der Waals surface area contributed by atoms with Gasteiger partial charge in [0.1, 0.15) is 5.82 Å². The third kappa shape index (κ3) is 3.27. The number of benzene rings is 1. The molecule has 17 heavy (non-hydrogen) atoms. The Labute approximate surface area is 100 Å². The van der Waals surface area contributed by atoms with Crippen LogP contribution in [0.15, 0.2) is 24.3 Å². The van der Waals surface area contributed by atoms with Crippen LogP contribution in [-0.4, -0.2) is 18.5 Å². The van der Waals surface area contributed by atoms with Gasteiger partial charge in [-0.2, -0.15) is 0 Å². The van der Waals surface area contributed by atoms with Gasteiger partial charge in [-0.15, -0.1) is 0 Å². The Morgan fingerprint density at radius 3 is 3.06 bits per heavy atom. The molecule has 1 aromatic carbocycles. The van der Waals surface area contributed by atoms with E-state index in [9.17, 15) is 9.18 Å². The first kappa shape index (κ1) is 12.0. The van der Waals surface area contributed by atoms with Crippen molar-refractivity contribution in [1.29, 1.82) is 0 Å². The molecule has 2 atom stereocenters. The molecule has 0 aliphatic carbocycles. The first-order chi connectivity index (χ1) is 8.15. The average Bonchev–Trinajstić information content (AvgIpc) is 2.72. The summed E-state index contributed by atoms with van der Waals surface area (Å²) in [5, 5.41) is 6.20. The minimum atomic E-state index is -0.217. The van der Waals surface area contributed by atoms with Crippen LogP contribution in [0.4, 0.5) is 4.39 Å². The fourth-order valence-corrected chi connectivity index (χ4v) is 2.04. The molecule has 0 saturated carbocycles. The van der Waals surface area contributed by atoms with E-state index in [1.165, 1.54) is 12.1 Å². The van der Waals surface area contributed by atoms with E-state index in [0.717, 1.165) is 18.5 Å². The second-order valence-electron chi connectivity index (χ2n) is 4.49. The molecule has 1 saturated heterocycles. The number of hydrogen-bond donors (Lipinski definition) is 2. The van der Waals surface area contributed by atoms with E-state index in [4.69, 9.17) is 0 Å². The van der Waals surface area contributed by atoms with E-state index < -0.39 is 0 Å². The zero-order valence-corrected chi connectivity index (χ0v) is 9.87. The number of carbonyl (C=O) groups excluding carboxylic acids is 1. The summed E-state index contributed by atoms with van der Waals surface area (Å²) in [5.41, 5.74) is 0.925. The van der Waals surface area contributed by atoms with Crippen LogP contribution in [-0.2, 0) is 4.79 Å². The molecule has 1 amide bonds. The van der Waals surface area contributed by atoms with Gasteiger partial charge in [-0.05, 0) is 31.0 Å². The molecule has 0 radical (unpaired) electrons. The van der Waals surface area contributed by atoms with Crippen molar-refractivity contribution < 1.29 is 9.18 Å². The highest BCUT2D eigenvalue weighted by atomic mass is 19.1. The lowest BCUT2D eigenvalue weighted by Crippen LogP contribution is -2.36. The zero-order chi connectivity index (χ0) is 12.3. The molecule has 0 spiro atoms. The largest absolute Gasteiger partial charge is 0.352 e. The van der Waals surface area contributed by atoms with Gasteiger partial charge in [0.15, 0.2) is 0 Å². The number of hydrogen-bond acceptors (Lipinski definition) is 2. The van der Waals surface area contributed by atoms with Crippen molar-refractivity contribution >= 4 is 5.91 Å². The molecule has 92 valence electrons. The van der Waals surface area contributed by atoms with Crippen molar-refractivity contribution in [3.8, 4) is 0 Å². The summed E-state index contributed by atoms with van der Waals surface area (Å²) in [4.78, 5) is 11.0. The lowest BCUT2D eigenvalue weighted by molar-refractivity contribution is -0.119. The van der Waals surface area contributed by atoms with E-state index in [1.807, 2.05) is 13.0 Å². The third-order valence-electron chi connectivity index (χ3n) is 3.10. The summed E-state index contributed by atoms with van der Waals surface area (Å²) in [6.45, 7) is 2.72. The van der Waals surface area contributed by atoms with E-state index in [0.29, 0.717) is 6.42 Å². The van der Waals surface area contributed by atoms with Crippen LogP contribution in [0, 0.1) is 5.82 Å². The Kier molecular flexibility index (Phi) is 3.74. The van der Waals surface area contributed by atoms with Gasteiger partial charge in [0.2, 0.25) is 5.91 Å². The van der Waals surface area contributed by atoms with Crippen molar-refractivity contribution in [1.82, 2.24) is 10.6 Å². The quantitative estimate of drug-likeness (QED) is 0.836. The van der Waals surface area contributed by atoms with Crippen molar-refractivity contribution in [2.75, 3.05) is 6.54 Å². The molecule has 1 aliphatic heterocycles. The highest BCUT2D eigenvalue weighted by Gasteiger charge is 2.20. The molecule has 3 nitrogen and oxygen atoms in total. The van der Waals surface area contributed by atoms with Crippen molar-refractivity contribution in [2.24, 2.45) is 0 Å². The first-order valence-electron chi connectivity index (χ1n) is 5.93. The molecule has 1 unspecified atom stereocenters. The van der Waals surface area contributed by atoms with Crippen molar-refractivity contribution in [3.63, 3.8) is 0 Å². The molecule has 1 fully saturated rings. The lowest BCUT2D eigenvalue weighted by Gasteiger charge is -2.17. The molecule has 1 heterocycles. The van der Waals surface area contributed by atoms with Crippen LogP contribution in [0.2, 0.25) is 0 Å². The fraction of sp³-hybridized carbons (Fsp3) is 0.462. The van der Waals surface area contributed by atoms with Crippen LogP contribution in [0.5, 0.6) is 0 Å². The number of carbonyl (C=O) groups is 1. The number of nitrogens with one attached hydrogen (secondary N) is 2. The van der Waals surface area contributed by atoms with Crippen LogP contribution in [0.3, 0.4) is 0 Å². The molecule has 1 aliphatic rings. The zero-order valence-electron chi connectivity index (χ0n) is 9.87. The highest BCUT2D eigenvalue weighted by molar-refractivity contribution is 5.78. The van der Waals surface area contributed by atoms with Crippen LogP contribution < -0.4 is 10.6 Å². The molecular formula is C13H17FN2O. The van der Waals surface area contributed by atoms with E-state index in [-0.39, 0.29) is 23.8 Å². The highest BCUT2D eigenvalue weighted by Crippen LogP contribution is 2.14. The van der Waals surface area contributed by atoms with Crippen LogP contribution in [0.25, 0.3) is 0 Å². The second-order valence-corrected chi connectivity index (χ2v) is 4.49. The maximum absolute atomic E-state index is 13.0. The second kappa shape index (κ2) is 5.27. The van der Waals surface area contributed by atoms with Crippen LogP contribution in [0.1, 0.15) is 31.4 Å². The smallest absolute Gasteiger partial charge is 0.220 e. The van der Waals surface area contributed by atoms with E-state index in [1.54, 1.807) is 6.07 Å². The summed E-state index contributed by atoms with van der Waals surface area (Å²) in [7, 11) is 0. The van der Waals surface area contributed by atoms with Crippen molar-refractivity contribution in [3.05, 3.63) is 35.6 Å².